The van der Waals surface area contributed by atoms with Crippen LogP contribution in [0.4, 0.5) is 0 Å². The lowest BCUT2D eigenvalue weighted by Crippen LogP contribution is -2.31. The van der Waals surface area contributed by atoms with Crippen LogP contribution in [0.5, 0.6) is 0 Å². The Labute approximate surface area is 98.7 Å². The summed E-state index contributed by atoms with van der Waals surface area (Å²) in [6.07, 6.45) is 6.24. The van der Waals surface area contributed by atoms with E-state index < -0.39 is 0 Å². The molecule has 2 heteroatoms. The van der Waals surface area contributed by atoms with Gasteiger partial charge in [0.2, 0.25) is 0 Å². The van der Waals surface area contributed by atoms with E-state index in [1.54, 1.807) is 0 Å². The topological polar surface area (TPSA) is 12.0 Å². The van der Waals surface area contributed by atoms with E-state index in [1.807, 2.05) is 0 Å². The summed E-state index contributed by atoms with van der Waals surface area (Å²) < 4.78 is 1.17. The van der Waals surface area contributed by atoms with E-state index in [2.05, 4.69) is 51.6 Å². The normalized spacial score (nSPS) is 29.0. The Kier molecular flexibility index (Phi) is 2.41. The highest BCUT2D eigenvalue weighted by molar-refractivity contribution is 9.10. The maximum absolute atomic E-state index is 3.62. The van der Waals surface area contributed by atoms with E-state index in [0.29, 0.717) is 12.1 Å². The van der Waals surface area contributed by atoms with E-state index in [4.69, 9.17) is 0 Å². The van der Waals surface area contributed by atoms with Gasteiger partial charge in [0.05, 0.1) is 0 Å². The second-order valence-electron chi connectivity index (χ2n) is 4.45. The molecule has 0 aliphatic carbocycles. The minimum Gasteiger partial charge on any atom is -0.307 e. The fraction of sp³-hybridized carbons (Fsp3) is 0.385. The first-order valence-electron chi connectivity index (χ1n) is 5.54. The number of hydrogen-bond acceptors (Lipinski definition) is 1. The molecule has 1 aromatic rings. The number of benzene rings is 1. The van der Waals surface area contributed by atoms with E-state index in [0.717, 1.165) is 0 Å². The molecular weight excluding hydrogens is 250 g/mol. The van der Waals surface area contributed by atoms with Crippen molar-refractivity contribution in [3.8, 4) is 0 Å². The Bertz CT molecular complexity index is 411. The first-order valence-corrected chi connectivity index (χ1v) is 6.33. The van der Waals surface area contributed by atoms with Gasteiger partial charge in [0, 0.05) is 16.6 Å². The summed E-state index contributed by atoms with van der Waals surface area (Å²) in [6, 6.07) is 9.97. The van der Waals surface area contributed by atoms with Crippen LogP contribution in [0, 0.1) is 0 Å². The lowest BCUT2D eigenvalue weighted by Gasteiger charge is -2.21. The highest BCUT2D eigenvalue weighted by Gasteiger charge is 2.28. The first-order chi connectivity index (χ1) is 7.31. The van der Waals surface area contributed by atoms with Gasteiger partial charge in [-0.1, -0.05) is 34.1 Å². The first kappa shape index (κ1) is 9.61. The third-order valence-corrected chi connectivity index (χ3v) is 3.83. The van der Waals surface area contributed by atoms with Crippen LogP contribution >= 0.6 is 15.9 Å². The van der Waals surface area contributed by atoms with Gasteiger partial charge in [0.1, 0.15) is 0 Å². The molecule has 0 aromatic heterocycles. The zero-order valence-corrected chi connectivity index (χ0v) is 10.1. The van der Waals surface area contributed by atoms with Crippen LogP contribution in [-0.2, 0) is 0 Å². The molecule has 2 unspecified atom stereocenters. The van der Waals surface area contributed by atoms with E-state index in [-0.39, 0.29) is 0 Å². The molecule has 15 heavy (non-hydrogen) atoms. The van der Waals surface area contributed by atoms with Crippen molar-refractivity contribution in [1.82, 2.24) is 5.32 Å². The van der Waals surface area contributed by atoms with Gasteiger partial charge in [-0.05, 0) is 42.5 Å². The molecule has 0 saturated carbocycles. The molecule has 1 nitrogen and oxygen atoms in total. The van der Waals surface area contributed by atoms with Crippen molar-refractivity contribution in [3.05, 3.63) is 40.4 Å². The predicted molar refractivity (Wildman–Crippen MR) is 66.7 cm³/mol. The van der Waals surface area contributed by atoms with Crippen molar-refractivity contribution in [2.75, 3.05) is 0 Å². The van der Waals surface area contributed by atoms with Crippen LogP contribution in [0.1, 0.15) is 24.8 Å². The Morgan fingerprint density at radius 3 is 3.00 bits per heavy atom. The molecule has 0 spiro atoms. The molecule has 2 aliphatic heterocycles. The second kappa shape index (κ2) is 3.76. The largest absolute Gasteiger partial charge is 0.307 e. The molecule has 2 atom stereocenters. The zero-order valence-electron chi connectivity index (χ0n) is 8.54. The van der Waals surface area contributed by atoms with Gasteiger partial charge in [0.25, 0.3) is 0 Å². The summed E-state index contributed by atoms with van der Waals surface area (Å²) in [5.74, 6) is 0. The SMILES string of the molecule is Brc1cccc(C2=CC3CCC(C2)N3)c1. The highest BCUT2D eigenvalue weighted by Crippen LogP contribution is 2.32. The molecule has 1 N–H and O–H groups in total. The molecule has 2 heterocycles. The molecule has 2 aliphatic rings. The summed E-state index contributed by atoms with van der Waals surface area (Å²) >= 11 is 3.53. The molecule has 1 fully saturated rings. The summed E-state index contributed by atoms with van der Waals surface area (Å²) in [4.78, 5) is 0. The van der Waals surface area contributed by atoms with Crippen LogP contribution in [0.2, 0.25) is 0 Å². The van der Waals surface area contributed by atoms with Gasteiger partial charge >= 0.3 is 0 Å². The lowest BCUT2D eigenvalue weighted by molar-refractivity contribution is 0.575. The summed E-state index contributed by atoms with van der Waals surface area (Å²) in [6.45, 7) is 0. The van der Waals surface area contributed by atoms with Crippen molar-refractivity contribution in [2.24, 2.45) is 0 Å². The molecule has 1 saturated heterocycles. The molecule has 0 radical (unpaired) electrons. The predicted octanol–water partition coefficient (Wildman–Crippen LogP) is 3.36. The fourth-order valence-corrected chi connectivity index (χ4v) is 3.02. The maximum atomic E-state index is 3.62. The zero-order chi connectivity index (χ0) is 10.3. The Morgan fingerprint density at radius 1 is 1.27 bits per heavy atom. The quantitative estimate of drug-likeness (QED) is 0.820. The standard InChI is InChI=1S/C13H14BrN/c14-11-3-1-2-9(6-11)10-7-12-4-5-13(8-10)15-12/h1-3,6-7,12-13,15H,4-5,8H2. The van der Waals surface area contributed by atoms with Crippen LogP contribution in [0.15, 0.2) is 34.8 Å². The third-order valence-electron chi connectivity index (χ3n) is 3.34. The van der Waals surface area contributed by atoms with Gasteiger partial charge in [-0.25, -0.2) is 0 Å². The lowest BCUT2D eigenvalue weighted by atomic mass is 9.96. The Balaban J connectivity index is 1.94. The average Bonchev–Trinajstić information content (AvgIpc) is 2.58. The second-order valence-corrected chi connectivity index (χ2v) is 5.37. The van der Waals surface area contributed by atoms with Gasteiger partial charge in [-0.2, -0.15) is 0 Å². The van der Waals surface area contributed by atoms with Crippen LogP contribution in [-0.4, -0.2) is 12.1 Å². The Hall–Kier alpha value is -0.600. The highest BCUT2D eigenvalue weighted by atomic mass is 79.9. The summed E-state index contributed by atoms with van der Waals surface area (Å²) in [5, 5.41) is 3.62. The van der Waals surface area contributed by atoms with Crippen molar-refractivity contribution in [1.29, 1.82) is 0 Å². The van der Waals surface area contributed by atoms with Gasteiger partial charge in [-0.3, -0.25) is 0 Å². The number of fused-ring (bicyclic) bond motifs is 2. The molecular formula is C13H14BrN. The number of halogens is 1. The fourth-order valence-electron chi connectivity index (χ4n) is 2.62. The number of nitrogens with one attached hydrogen (secondary N) is 1. The molecule has 2 bridgehead atoms. The maximum Gasteiger partial charge on any atom is 0.0259 e. The molecule has 1 aromatic carbocycles. The minimum absolute atomic E-state index is 0.623. The van der Waals surface area contributed by atoms with Crippen LogP contribution in [0.3, 0.4) is 0 Å². The van der Waals surface area contributed by atoms with E-state index in [1.165, 1.54) is 34.9 Å². The third kappa shape index (κ3) is 1.88. The van der Waals surface area contributed by atoms with Gasteiger partial charge in [-0.15, -0.1) is 0 Å². The Morgan fingerprint density at radius 2 is 2.20 bits per heavy atom. The smallest absolute Gasteiger partial charge is 0.0259 e. The van der Waals surface area contributed by atoms with Crippen LogP contribution in [0.25, 0.3) is 5.57 Å². The van der Waals surface area contributed by atoms with Crippen molar-refractivity contribution < 1.29 is 0 Å². The summed E-state index contributed by atoms with van der Waals surface area (Å²) in [7, 11) is 0. The van der Waals surface area contributed by atoms with E-state index >= 15 is 0 Å². The van der Waals surface area contributed by atoms with Gasteiger partial charge in [0.15, 0.2) is 0 Å². The average molecular weight is 264 g/mol. The summed E-state index contributed by atoms with van der Waals surface area (Å²) in [5.41, 5.74) is 2.89. The van der Waals surface area contributed by atoms with E-state index in [9.17, 15) is 0 Å². The minimum atomic E-state index is 0.623. The monoisotopic (exact) mass is 263 g/mol. The van der Waals surface area contributed by atoms with Crippen molar-refractivity contribution in [2.45, 2.75) is 31.3 Å². The molecule has 3 rings (SSSR count). The van der Waals surface area contributed by atoms with Crippen LogP contribution < -0.4 is 5.32 Å². The number of rotatable bonds is 1. The number of hydrogen-bond donors (Lipinski definition) is 1. The van der Waals surface area contributed by atoms with Crippen molar-refractivity contribution in [3.63, 3.8) is 0 Å². The van der Waals surface area contributed by atoms with Gasteiger partial charge < -0.3 is 5.32 Å². The van der Waals surface area contributed by atoms with Crippen molar-refractivity contribution >= 4 is 21.5 Å². The molecule has 78 valence electrons. The molecule has 0 amide bonds.